The van der Waals surface area contributed by atoms with E-state index in [1.54, 1.807) is 17.0 Å². The lowest BCUT2D eigenvalue weighted by atomic mass is 9.89. The number of urea groups is 1. The standard InChI is InChI=1S/C33H45Cl2N5O3/c1-3-27(22-38-14-4-5-15-38)43-31-28(11-8-23(2)36-31)24-12-18-39(19-13-24)32(41)30(37-33(42)40-16-6-7-17-40)20-25-9-10-26(34)21-29(25)35/h8-11,21,24,27,30H,3-7,12-20,22H2,1-2H3,(H,37,42)/t27-,30+/m0/s1. The van der Waals surface area contributed by atoms with Gasteiger partial charge in [0.25, 0.3) is 0 Å². The number of hydrogen-bond donors (Lipinski definition) is 1. The number of benzene rings is 1. The number of carbonyl (C=O) groups is 2. The van der Waals surface area contributed by atoms with Crippen molar-refractivity contribution < 1.29 is 14.3 Å². The van der Waals surface area contributed by atoms with Gasteiger partial charge in [-0.3, -0.25) is 9.69 Å². The molecule has 5 rings (SSSR count). The number of carbonyl (C=O) groups excluding carboxylic acids is 2. The molecule has 0 radical (unpaired) electrons. The molecular weight excluding hydrogens is 585 g/mol. The van der Waals surface area contributed by atoms with Crippen LogP contribution in [0.3, 0.4) is 0 Å². The zero-order valence-corrected chi connectivity index (χ0v) is 27.0. The van der Waals surface area contributed by atoms with Crippen molar-refractivity contribution in [2.24, 2.45) is 0 Å². The minimum absolute atomic E-state index is 0.0767. The Kier molecular flexibility index (Phi) is 11.1. The summed E-state index contributed by atoms with van der Waals surface area (Å²) in [5.74, 6) is 0.913. The average molecular weight is 631 g/mol. The van der Waals surface area contributed by atoms with Crippen molar-refractivity contribution in [3.63, 3.8) is 0 Å². The first-order chi connectivity index (χ1) is 20.8. The van der Waals surface area contributed by atoms with Gasteiger partial charge in [0.05, 0.1) is 0 Å². The Hall–Kier alpha value is -2.55. The normalized spacial score (nSPS) is 19.4. The van der Waals surface area contributed by atoms with Gasteiger partial charge in [0.1, 0.15) is 12.1 Å². The molecule has 2 atom stereocenters. The first-order valence-corrected chi connectivity index (χ1v) is 16.7. The third-order valence-electron chi connectivity index (χ3n) is 9.10. The molecule has 10 heteroatoms. The van der Waals surface area contributed by atoms with Crippen LogP contribution in [0.1, 0.15) is 74.6 Å². The molecule has 1 N–H and O–H groups in total. The first kappa shape index (κ1) is 31.9. The lowest BCUT2D eigenvalue weighted by Crippen LogP contribution is -2.54. The van der Waals surface area contributed by atoms with Crippen LogP contribution >= 0.6 is 23.2 Å². The predicted octanol–water partition coefficient (Wildman–Crippen LogP) is 6.07. The fraction of sp³-hybridized carbons (Fsp3) is 0.606. The fourth-order valence-corrected chi connectivity index (χ4v) is 6.99. The highest BCUT2D eigenvalue weighted by molar-refractivity contribution is 6.35. The van der Waals surface area contributed by atoms with E-state index in [0.29, 0.717) is 42.6 Å². The Morgan fingerprint density at radius 2 is 1.67 bits per heavy atom. The third kappa shape index (κ3) is 8.34. The van der Waals surface area contributed by atoms with Gasteiger partial charge in [-0.25, -0.2) is 9.78 Å². The molecule has 0 unspecified atom stereocenters. The third-order valence-corrected chi connectivity index (χ3v) is 9.68. The summed E-state index contributed by atoms with van der Waals surface area (Å²) in [5, 5.41) is 4.06. The van der Waals surface area contributed by atoms with Gasteiger partial charge in [-0.05, 0) is 94.6 Å². The number of rotatable bonds is 10. The van der Waals surface area contributed by atoms with Crippen LogP contribution in [0, 0.1) is 6.92 Å². The molecule has 0 aliphatic carbocycles. The molecule has 2 aromatic rings. The SMILES string of the molecule is CC[C@@H](CN1CCCC1)Oc1nc(C)ccc1C1CCN(C(=O)[C@@H](Cc2ccc(Cl)cc2Cl)NC(=O)N2CCCC2)CC1. The van der Waals surface area contributed by atoms with E-state index in [9.17, 15) is 9.59 Å². The topological polar surface area (TPSA) is 78.0 Å². The van der Waals surface area contributed by atoms with Crippen molar-refractivity contribution in [3.8, 4) is 5.88 Å². The molecule has 3 amide bonds. The molecule has 3 aliphatic rings. The molecule has 234 valence electrons. The number of nitrogens with zero attached hydrogens (tertiary/aromatic N) is 4. The predicted molar refractivity (Wildman–Crippen MR) is 171 cm³/mol. The Morgan fingerprint density at radius 3 is 2.35 bits per heavy atom. The van der Waals surface area contributed by atoms with E-state index in [4.69, 9.17) is 32.9 Å². The number of likely N-dealkylation sites (tertiary alicyclic amines) is 3. The lowest BCUT2D eigenvalue weighted by Gasteiger charge is -2.35. The molecule has 3 fully saturated rings. The summed E-state index contributed by atoms with van der Waals surface area (Å²) < 4.78 is 6.57. The molecule has 4 heterocycles. The van der Waals surface area contributed by atoms with Crippen LogP contribution in [-0.2, 0) is 11.2 Å². The van der Waals surface area contributed by atoms with Crippen LogP contribution in [0.15, 0.2) is 30.3 Å². The molecule has 0 spiro atoms. The molecule has 3 aliphatic heterocycles. The van der Waals surface area contributed by atoms with Crippen molar-refractivity contribution in [2.45, 2.75) is 83.3 Å². The van der Waals surface area contributed by atoms with Crippen molar-refractivity contribution in [1.82, 2.24) is 25.0 Å². The quantitative estimate of drug-likeness (QED) is 0.345. The molecule has 43 heavy (non-hydrogen) atoms. The summed E-state index contributed by atoms with van der Waals surface area (Å²) in [5.41, 5.74) is 2.86. The van der Waals surface area contributed by atoms with Gasteiger partial charge in [-0.2, -0.15) is 0 Å². The number of ether oxygens (including phenoxy) is 1. The van der Waals surface area contributed by atoms with E-state index in [0.717, 1.165) is 74.4 Å². The molecule has 3 saturated heterocycles. The maximum Gasteiger partial charge on any atom is 0.318 e. The summed E-state index contributed by atoms with van der Waals surface area (Å²) in [6.07, 6.45) is 7.46. The highest BCUT2D eigenvalue weighted by Gasteiger charge is 2.33. The van der Waals surface area contributed by atoms with Gasteiger partial charge in [0, 0.05) is 60.4 Å². The second-order valence-electron chi connectivity index (χ2n) is 12.2. The number of amides is 3. The Labute approximate surface area is 266 Å². The van der Waals surface area contributed by atoms with E-state index in [1.807, 2.05) is 17.9 Å². The molecule has 8 nitrogen and oxygen atoms in total. The number of nitrogens with one attached hydrogen (secondary N) is 1. The number of aromatic nitrogens is 1. The minimum Gasteiger partial charge on any atom is -0.473 e. The zero-order chi connectivity index (χ0) is 30.3. The number of hydrogen-bond acceptors (Lipinski definition) is 5. The summed E-state index contributed by atoms with van der Waals surface area (Å²) in [7, 11) is 0. The van der Waals surface area contributed by atoms with Crippen molar-refractivity contribution in [1.29, 1.82) is 0 Å². The van der Waals surface area contributed by atoms with Gasteiger partial charge in [-0.15, -0.1) is 0 Å². The van der Waals surface area contributed by atoms with Crippen molar-refractivity contribution in [3.05, 3.63) is 57.2 Å². The first-order valence-electron chi connectivity index (χ1n) is 16.0. The second kappa shape index (κ2) is 15.0. The van der Waals surface area contributed by atoms with Crippen molar-refractivity contribution >= 4 is 35.1 Å². The van der Waals surface area contributed by atoms with Crippen LogP contribution in [0.5, 0.6) is 5.88 Å². The summed E-state index contributed by atoms with van der Waals surface area (Å²) in [6, 6.07) is 8.59. The van der Waals surface area contributed by atoms with Gasteiger partial charge in [0.2, 0.25) is 11.8 Å². The lowest BCUT2D eigenvalue weighted by molar-refractivity contribution is -0.134. The van der Waals surface area contributed by atoms with Crippen LogP contribution in [0.25, 0.3) is 0 Å². The van der Waals surface area contributed by atoms with E-state index in [2.05, 4.69) is 29.3 Å². The average Bonchev–Trinajstić information content (AvgIpc) is 3.73. The smallest absolute Gasteiger partial charge is 0.318 e. The van der Waals surface area contributed by atoms with E-state index >= 15 is 0 Å². The van der Waals surface area contributed by atoms with Crippen LogP contribution in [0.4, 0.5) is 4.79 Å². The van der Waals surface area contributed by atoms with Gasteiger partial charge >= 0.3 is 6.03 Å². The fourth-order valence-electron chi connectivity index (χ4n) is 6.51. The molecule has 0 bridgehead atoms. The monoisotopic (exact) mass is 629 g/mol. The van der Waals surface area contributed by atoms with Gasteiger partial charge in [0.15, 0.2) is 0 Å². The largest absolute Gasteiger partial charge is 0.473 e. The van der Waals surface area contributed by atoms with Gasteiger partial charge in [-0.1, -0.05) is 42.3 Å². The maximum absolute atomic E-state index is 13.9. The number of pyridine rings is 1. The highest BCUT2D eigenvalue weighted by Crippen LogP contribution is 2.35. The van der Waals surface area contributed by atoms with E-state index in [1.165, 1.54) is 12.8 Å². The Morgan fingerprint density at radius 1 is 0.977 bits per heavy atom. The minimum atomic E-state index is -0.709. The summed E-state index contributed by atoms with van der Waals surface area (Å²) in [4.78, 5) is 38.0. The number of halogens is 2. The Bertz CT molecular complexity index is 1260. The molecule has 1 aromatic heterocycles. The molecule has 0 saturated carbocycles. The van der Waals surface area contributed by atoms with Crippen LogP contribution < -0.4 is 10.1 Å². The number of piperidine rings is 1. The second-order valence-corrected chi connectivity index (χ2v) is 13.1. The summed E-state index contributed by atoms with van der Waals surface area (Å²) >= 11 is 12.6. The maximum atomic E-state index is 13.9. The van der Waals surface area contributed by atoms with E-state index < -0.39 is 6.04 Å². The van der Waals surface area contributed by atoms with Gasteiger partial charge < -0.3 is 19.9 Å². The number of aryl methyl sites for hydroxylation is 1. The highest BCUT2D eigenvalue weighted by atomic mass is 35.5. The summed E-state index contributed by atoms with van der Waals surface area (Å²) in [6.45, 7) is 10.0. The van der Waals surface area contributed by atoms with Crippen LogP contribution in [-0.4, -0.2) is 89.6 Å². The van der Waals surface area contributed by atoms with Crippen LogP contribution in [0.2, 0.25) is 10.0 Å². The Balaban J connectivity index is 1.26. The molecule has 1 aromatic carbocycles. The molecular formula is C33H45Cl2N5O3. The van der Waals surface area contributed by atoms with Crippen molar-refractivity contribution in [2.75, 3.05) is 45.8 Å². The zero-order valence-electron chi connectivity index (χ0n) is 25.5. The van der Waals surface area contributed by atoms with E-state index in [-0.39, 0.29) is 24.0 Å².